The van der Waals surface area contributed by atoms with Crippen LogP contribution in [0.3, 0.4) is 0 Å². The molecule has 108 valence electrons. The van der Waals surface area contributed by atoms with Crippen LogP contribution in [0, 0.1) is 0 Å². The van der Waals surface area contributed by atoms with E-state index in [0.29, 0.717) is 5.13 Å². The molecule has 1 aromatic heterocycles. The zero-order valence-corrected chi connectivity index (χ0v) is 12.1. The first-order chi connectivity index (χ1) is 10.1. The molecule has 1 amide bonds. The van der Waals surface area contributed by atoms with Gasteiger partial charge in [-0.3, -0.25) is 9.59 Å². The number of amides is 1. The van der Waals surface area contributed by atoms with Crippen molar-refractivity contribution in [1.29, 1.82) is 0 Å². The Kier molecular flexibility index (Phi) is 3.70. The van der Waals surface area contributed by atoms with Gasteiger partial charge in [-0.15, -0.1) is 11.3 Å². The van der Waals surface area contributed by atoms with Gasteiger partial charge in [0.25, 0.3) is 0 Å². The second kappa shape index (κ2) is 5.65. The van der Waals surface area contributed by atoms with Crippen LogP contribution in [0.1, 0.15) is 23.3 Å². The van der Waals surface area contributed by atoms with Crippen molar-refractivity contribution in [3.05, 3.63) is 34.7 Å². The molecule has 0 atom stereocenters. The quantitative estimate of drug-likeness (QED) is 0.910. The van der Waals surface area contributed by atoms with Gasteiger partial charge in [0, 0.05) is 16.9 Å². The smallest absolute Gasteiger partial charge is 0.303 e. The Morgan fingerprint density at radius 3 is 2.86 bits per heavy atom. The Morgan fingerprint density at radius 1 is 1.24 bits per heavy atom. The summed E-state index contributed by atoms with van der Waals surface area (Å²) in [6, 6.07) is 8.15. The zero-order valence-electron chi connectivity index (χ0n) is 11.3. The summed E-state index contributed by atoms with van der Waals surface area (Å²) in [5, 5.41) is 11.8. The first-order valence-corrected chi connectivity index (χ1v) is 7.55. The van der Waals surface area contributed by atoms with Gasteiger partial charge in [-0.25, -0.2) is 4.98 Å². The van der Waals surface area contributed by atoms with E-state index in [1.807, 2.05) is 18.2 Å². The molecule has 1 aliphatic carbocycles. The average molecular weight is 302 g/mol. The van der Waals surface area contributed by atoms with E-state index in [9.17, 15) is 9.59 Å². The number of aliphatic carboxylic acids is 1. The van der Waals surface area contributed by atoms with Crippen LogP contribution in [0.4, 0.5) is 5.13 Å². The number of carboxylic acid groups (broad SMARTS) is 1. The first kappa shape index (κ1) is 13.8. The summed E-state index contributed by atoms with van der Waals surface area (Å²) in [6.45, 7) is 0. The molecule has 6 heteroatoms. The number of carboxylic acids is 1. The molecule has 0 saturated heterocycles. The summed E-state index contributed by atoms with van der Waals surface area (Å²) in [5.41, 5.74) is 3.34. The van der Waals surface area contributed by atoms with Gasteiger partial charge in [0.15, 0.2) is 5.13 Å². The van der Waals surface area contributed by atoms with Crippen LogP contribution in [-0.4, -0.2) is 22.0 Å². The van der Waals surface area contributed by atoms with E-state index < -0.39 is 5.97 Å². The standard InChI is InChI=1S/C15H14N2O3S/c18-12(7-8-13(19)20)16-15-17-14-10-4-2-1-3-9(10)5-6-11(14)21-15/h1-4H,5-8H2,(H,19,20)(H,16,17,18). The molecule has 3 rings (SSSR count). The molecule has 1 heterocycles. The number of benzene rings is 1. The number of rotatable bonds is 4. The van der Waals surface area contributed by atoms with Crippen molar-refractivity contribution in [2.45, 2.75) is 25.7 Å². The normalized spacial score (nSPS) is 12.4. The summed E-state index contributed by atoms with van der Waals surface area (Å²) in [7, 11) is 0. The summed E-state index contributed by atoms with van der Waals surface area (Å²) < 4.78 is 0. The molecule has 0 spiro atoms. The molecule has 0 fully saturated rings. The van der Waals surface area contributed by atoms with Crippen LogP contribution in [0.2, 0.25) is 0 Å². The van der Waals surface area contributed by atoms with E-state index in [1.165, 1.54) is 21.8 Å². The lowest BCUT2D eigenvalue weighted by Gasteiger charge is -2.13. The fourth-order valence-corrected chi connectivity index (χ4v) is 3.40. The topological polar surface area (TPSA) is 79.3 Å². The third kappa shape index (κ3) is 2.95. The van der Waals surface area contributed by atoms with Crippen LogP contribution < -0.4 is 5.32 Å². The summed E-state index contributed by atoms with van der Waals surface area (Å²) >= 11 is 1.47. The van der Waals surface area contributed by atoms with Crippen molar-refractivity contribution in [3.63, 3.8) is 0 Å². The monoisotopic (exact) mass is 302 g/mol. The summed E-state index contributed by atoms with van der Waals surface area (Å²) in [5.74, 6) is -1.28. The summed E-state index contributed by atoms with van der Waals surface area (Å²) in [6.07, 6.45) is 1.71. The van der Waals surface area contributed by atoms with E-state index in [0.717, 1.165) is 24.1 Å². The van der Waals surface area contributed by atoms with E-state index in [-0.39, 0.29) is 18.7 Å². The second-order valence-corrected chi connectivity index (χ2v) is 5.97. The lowest BCUT2D eigenvalue weighted by Crippen LogP contribution is -2.12. The van der Waals surface area contributed by atoms with Crippen LogP contribution in [-0.2, 0) is 22.4 Å². The lowest BCUT2D eigenvalue weighted by molar-refractivity contribution is -0.138. The van der Waals surface area contributed by atoms with E-state index >= 15 is 0 Å². The molecule has 2 aromatic rings. The number of carbonyl (C=O) groups excluding carboxylic acids is 1. The number of anilines is 1. The number of fused-ring (bicyclic) bond motifs is 3. The minimum atomic E-state index is -0.975. The predicted molar refractivity (Wildman–Crippen MR) is 80.5 cm³/mol. The third-order valence-corrected chi connectivity index (χ3v) is 4.43. The number of carbonyl (C=O) groups is 2. The fraction of sp³-hybridized carbons (Fsp3) is 0.267. The Hall–Kier alpha value is -2.21. The zero-order chi connectivity index (χ0) is 14.8. The average Bonchev–Trinajstić information content (AvgIpc) is 2.88. The van der Waals surface area contributed by atoms with Crippen LogP contribution in [0.5, 0.6) is 0 Å². The number of thiazole rings is 1. The summed E-state index contributed by atoms with van der Waals surface area (Å²) in [4.78, 5) is 27.8. The second-order valence-electron chi connectivity index (χ2n) is 4.89. The highest BCUT2D eigenvalue weighted by Crippen LogP contribution is 2.37. The maximum absolute atomic E-state index is 11.7. The SMILES string of the molecule is O=C(O)CCC(=O)Nc1nc2c(s1)CCc1ccccc1-2. The maximum atomic E-state index is 11.7. The van der Waals surface area contributed by atoms with Gasteiger partial charge in [-0.1, -0.05) is 24.3 Å². The molecule has 0 saturated carbocycles. The molecule has 1 aliphatic rings. The van der Waals surface area contributed by atoms with Crippen molar-refractivity contribution < 1.29 is 14.7 Å². The maximum Gasteiger partial charge on any atom is 0.303 e. The molecule has 0 unspecified atom stereocenters. The molecule has 21 heavy (non-hydrogen) atoms. The number of nitrogens with one attached hydrogen (secondary N) is 1. The molecule has 0 radical (unpaired) electrons. The molecule has 2 N–H and O–H groups in total. The highest BCUT2D eigenvalue weighted by molar-refractivity contribution is 7.16. The van der Waals surface area contributed by atoms with E-state index in [2.05, 4.69) is 16.4 Å². The molecule has 0 bridgehead atoms. The van der Waals surface area contributed by atoms with Gasteiger partial charge >= 0.3 is 5.97 Å². The lowest BCUT2D eigenvalue weighted by atomic mass is 9.94. The third-order valence-electron chi connectivity index (χ3n) is 3.40. The molecule has 0 aliphatic heterocycles. The Balaban J connectivity index is 1.78. The fourth-order valence-electron chi connectivity index (χ4n) is 2.40. The van der Waals surface area contributed by atoms with Gasteiger partial charge in [0.05, 0.1) is 12.1 Å². The molecule has 5 nitrogen and oxygen atoms in total. The predicted octanol–water partition coefficient (Wildman–Crippen LogP) is 2.71. The van der Waals surface area contributed by atoms with Crippen LogP contribution in [0.25, 0.3) is 11.3 Å². The van der Waals surface area contributed by atoms with Gasteiger partial charge < -0.3 is 10.4 Å². The number of aryl methyl sites for hydroxylation is 2. The van der Waals surface area contributed by atoms with Crippen molar-refractivity contribution in [3.8, 4) is 11.3 Å². The molecular formula is C15H14N2O3S. The minimum Gasteiger partial charge on any atom is -0.481 e. The minimum absolute atomic E-state index is 0.0316. The highest BCUT2D eigenvalue weighted by Gasteiger charge is 2.21. The van der Waals surface area contributed by atoms with Crippen LogP contribution >= 0.6 is 11.3 Å². The van der Waals surface area contributed by atoms with Crippen molar-refractivity contribution >= 4 is 28.3 Å². The largest absolute Gasteiger partial charge is 0.481 e. The number of nitrogens with zero attached hydrogens (tertiary/aromatic N) is 1. The number of hydrogen-bond donors (Lipinski definition) is 2. The van der Waals surface area contributed by atoms with Gasteiger partial charge in [0.1, 0.15) is 0 Å². The van der Waals surface area contributed by atoms with E-state index in [1.54, 1.807) is 0 Å². The molecular weight excluding hydrogens is 288 g/mol. The Bertz CT molecular complexity index is 709. The van der Waals surface area contributed by atoms with E-state index in [4.69, 9.17) is 5.11 Å². The first-order valence-electron chi connectivity index (χ1n) is 6.73. The number of hydrogen-bond acceptors (Lipinski definition) is 4. The van der Waals surface area contributed by atoms with Gasteiger partial charge in [-0.05, 0) is 18.4 Å². The van der Waals surface area contributed by atoms with Gasteiger partial charge in [0.2, 0.25) is 5.91 Å². The molecule has 1 aromatic carbocycles. The van der Waals surface area contributed by atoms with Gasteiger partial charge in [-0.2, -0.15) is 0 Å². The van der Waals surface area contributed by atoms with Crippen molar-refractivity contribution in [2.75, 3.05) is 5.32 Å². The highest BCUT2D eigenvalue weighted by atomic mass is 32.1. The van der Waals surface area contributed by atoms with Crippen LogP contribution in [0.15, 0.2) is 24.3 Å². The van der Waals surface area contributed by atoms with Crippen molar-refractivity contribution in [1.82, 2.24) is 4.98 Å². The Labute approximate surface area is 125 Å². The van der Waals surface area contributed by atoms with Crippen molar-refractivity contribution in [2.24, 2.45) is 0 Å². The Morgan fingerprint density at radius 2 is 2.05 bits per heavy atom. The number of aromatic nitrogens is 1.